The monoisotopic (exact) mass is 335 g/mol. The second-order valence-corrected chi connectivity index (χ2v) is 5.30. The number of nitrogens with zero attached hydrogens (tertiary/aromatic N) is 1. The number of nitrogens with two attached hydrogens (primary N) is 1. The Labute approximate surface area is 136 Å². The highest BCUT2D eigenvalue weighted by molar-refractivity contribution is 7.98. The van der Waals surface area contributed by atoms with Crippen LogP contribution in [0.4, 0.5) is 15.0 Å². The Kier molecular flexibility index (Phi) is 5.81. The van der Waals surface area contributed by atoms with E-state index in [-0.39, 0.29) is 23.8 Å². The Morgan fingerprint density at radius 2 is 2.09 bits per heavy atom. The van der Waals surface area contributed by atoms with Crippen molar-refractivity contribution in [1.82, 2.24) is 4.72 Å². The third-order valence-electron chi connectivity index (χ3n) is 2.73. The summed E-state index contributed by atoms with van der Waals surface area (Å²) in [6.45, 7) is 0.206. The van der Waals surface area contributed by atoms with Gasteiger partial charge in [0.1, 0.15) is 12.4 Å². The van der Waals surface area contributed by atoms with Crippen LogP contribution in [0.15, 0.2) is 53.4 Å². The van der Waals surface area contributed by atoms with Crippen LogP contribution >= 0.6 is 11.9 Å². The van der Waals surface area contributed by atoms with Crippen LogP contribution in [0.25, 0.3) is 0 Å². The summed E-state index contributed by atoms with van der Waals surface area (Å²) in [7, 11) is 0. The molecule has 2 rings (SSSR count). The number of benzene rings is 2. The third kappa shape index (κ3) is 5.19. The van der Waals surface area contributed by atoms with E-state index in [0.717, 1.165) is 16.8 Å². The number of urea groups is 1. The van der Waals surface area contributed by atoms with E-state index in [9.17, 15) is 14.1 Å². The SMILES string of the molecule is NC(=O)NSc1cccc(OCc2cccc(N(F)C=O)c2)c1. The van der Waals surface area contributed by atoms with E-state index >= 15 is 0 Å². The van der Waals surface area contributed by atoms with Crippen LogP contribution in [0, 0.1) is 0 Å². The van der Waals surface area contributed by atoms with Gasteiger partial charge in [-0.2, -0.15) is 0 Å². The van der Waals surface area contributed by atoms with Crippen LogP contribution < -0.4 is 20.3 Å². The van der Waals surface area contributed by atoms with Crippen molar-refractivity contribution in [3.05, 3.63) is 54.1 Å². The molecule has 0 aliphatic carbocycles. The van der Waals surface area contributed by atoms with Gasteiger partial charge in [0.15, 0.2) is 0 Å². The molecule has 0 aromatic heterocycles. The van der Waals surface area contributed by atoms with E-state index in [1.54, 1.807) is 36.4 Å². The number of halogens is 1. The molecule has 0 atom stereocenters. The van der Waals surface area contributed by atoms with Crippen molar-refractivity contribution in [2.24, 2.45) is 5.73 Å². The van der Waals surface area contributed by atoms with E-state index in [1.165, 1.54) is 12.1 Å². The number of primary amides is 1. The lowest BCUT2D eigenvalue weighted by Crippen LogP contribution is -2.22. The van der Waals surface area contributed by atoms with Gasteiger partial charge in [0.2, 0.25) is 6.41 Å². The average Bonchev–Trinajstić information content (AvgIpc) is 2.58. The summed E-state index contributed by atoms with van der Waals surface area (Å²) < 4.78 is 21.2. The fraction of sp³-hybridized carbons (Fsp3) is 0.0667. The lowest BCUT2D eigenvalue weighted by atomic mass is 10.2. The van der Waals surface area contributed by atoms with E-state index in [4.69, 9.17) is 10.5 Å². The highest BCUT2D eigenvalue weighted by Crippen LogP contribution is 2.22. The maximum absolute atomic E-state index is 13.2. The molecule has 3 N–H and O–H groups in total. The molecule has 0 heterocycles. The van der Waals surface area contributed by atoms with Crippen molar-refractivity contribution in [2.45, 2.75) is 11.5 Å². The van der Waals surface area contributed by atoms with Gasteiger partial charge in [-0.25, -0.2) is 4.79 Å². The van der Waals surface area contributed by atoms with Crippen molar-refractivity contribution in [3.63, 3.8) is 0 Å². The summed E-state index contributed by atoms with van der Waals surface area (Å²) in [4.78, 5) is 21.9. The Bertz CT molecular complexity index is 699. The standard InChI is InChI=1S/C15H14FN3O3S/c16-19(10-20)12-4-1-3-11(7-12)9-22-13-5-2-6-14(8-13)23-18-15(17)21/h1-8,10H,9H2,(H3,17,18,21). The molecule has 0 saturated carbocycles. The molecule has 8 heteroatoms. The summed E-state index contributed by atoms with van der Waals surface area (Å²) >= 11 is 1.07. The summed E-state index contributed by atoms with van der Waals surface area (Å²) in [5.74, 6) is 0.583. The molecule has 23 heavy (non-hydrogen) atoms. The van der Waals surface area contributed by atoms with Gasteiger partial charge in [-0.1, -0.05) is 22.7 Å². The Balaban J connectivity index is 1.99. The van der Waals surface area contributed by atoms with Crippen molar-refractivity contribution in [3.8, 4) is 5.75 Å². The normalized spacial score (nSPS) is 9.96. The van der Waals surface area contributed by atoms with Crippen molar-refractivity contribution in [2.75, 3.05) is 5.12 Å². The first kappa shape index (κ1) is 16.6. The van der Waals surface area contributed by atoms with Crippen LogP contribution in [0.1, 0.15) is 5.56 Å². The molecule has 120 valence electrons. The number of ether oxygens (including phenoxy) is 1. The number of amides is 3. The minimum absolute atomic E-state index is 0.00371. The molecule has 6 nitrogen and oxygen atoms in total. The smallest absolute Gasteiger partial charge is 0.322 e. The number of hydrogen-bond donors (Lipinski definition) is 2. The highest BCUT2D eigenvalue weighted by Gasteiger charge is 2.05. The number of anilines is 1. The van der Waals surface area contributed by atoms with Gasteiger partial charge in [-0.15, -0.1) is 5.12 Å². The molecule has 0 aliphatic heterocycles. The second kappa shape index (κ2) is 8.04. The fourth-order valence-electron chi connectivity index (χ4n) is 1.74. The van der Waals surface area contributed by atoms with Crippen molar-refractivity contribution < 1.29 is 18.8 Å². The number of nitrogens with one attached hydrogen (secondary N) is 1. The molecule has 0 aliphatic rings. The van der Waals surface area contributed by atoms with E-state index in [1.807, 2.05) is 0 Å². The maximum Gasteiger partial charge on any atom is 0.322 e. The number of rotatable bonds is 7. The lowest BCUT2D eigenvalue weighted by Gasteiger charge is -2.10. The molecule has 0 unspecified atom stereocenters. The van der Waals surface area contributed by atoms with Gasteiger partial charge in [0.25, 0.3) is 0 Å². The predicted molar refractivity (Wildman–Crippen MR) is 85.4 cm³/mol. The highest BCUT2D eigenvalue weighted by atomic mass is 32.2. The summed E-state index contributed by atoms with van der Waals surface area (Å²) in [6, 6.07) is 12.8. The number of hydrogen-bond acceptors (Lipinski definition) is 4. The van der Waals surface area contributed by atoms with Gasteiger partial charge >= 0.3 is 6.03 Å². The van der Waals surface area contributed by atoms with Gasteiger partial charge in [-0.05, 0) is 47.8 Å². The van der Waals surface area contributed by atoms with Crippen LogP contribution in [-0.2, 0) is 11.4 Å². The van der Waals surface area contributed by atoms with E-state index in [0.29, 0.717) is 11.3 Å². The van der Waals surface area contributed by atoms with E-state index in [2.05, 4.69) is 4.72 Å². The summed E-state index contributed by atoms with van der Waals surface area (Å²) in [5, 5.41) is -0.00371. The zero-order valence-corrected chi connectivity index (χ0v) is 12.8. The first-order valence-electron chi connectivity index (χ1n) is 6.53. The average molecular weight is 335 g/mol. The first-order chi connectivity index (χ1) is 11.1. The zero-order chi connectivity index (χ0) is 16.7. The fourth-order valence-corrected chi connectivity index (χ4v) is 2.28. The molecule has 2 aromatic carbocycles. The molecule has 0 bridgehead atoms. The second-order valence-electron chi connectivity index (χ2n) is 4.42. The third-order valence-corrected chi connectivity index (χ3v) is 3.52. The van der Waals surface area contributed by atoms with Crippen LogP contribution in [-0.4, -0.2) is 12.4 Å². The summed E-state index contributed by atoms with van der Waals surface area (Å²) in [5.41, 5.74) is 5.85. The van der Waals surface area contributed by atoms with Crippen molar-refractivity contribution >= 4 is 30.1 Å². The molecule has 3 amide bonds. The molecule has 0 radical (unpaired) electrons. The molecule has 2 aromatic rings. The first-order valence-corrected chi connectivity index (χ1v) is 7.34. The molecule has 0 fully saturated rings. The van der Waals surface area contributed by atoms with Gasteiger partial charge in [-0.3, -0.25) is 9.52 Å². The van der Waals surface area contributed by atoms with Crippen LogP contribution in [0.5, 0.6) is 5.75 Å². The van der Waals surface area contributed by atoms with E-state index < -0.39 is 6.03 Å². The quantitative estimate of drug-likeness (QED) is 0.463. The minimum Gasteiger partial charge on any atom is -0.489 e. The largest absolute Gasteiger partial charge is 0.489 e. The topological polar surface area (TPSA) is 84.7 Å². The predicted octanol–water partition coefficient (Wildman–Crippen LogP) is 2.79. The Morgan fingerprint density at radius 1 is 1.30 bits per heavy atom. The van der Waals surface area contributed by atoms with Gasteiger partial charge in [0.05, 0.1) is 5.69 Å². The molecular weight excluding hydrogens is 321 g/mol. The van der Waals surface area contributed by atoms with Crippen molar-refractivity contribution in [1.29, 1.82) is 0 Å². The molecule has 0 spiro atoms. The minimum atomic E-state index is -0.635. The molecule has 0 saturated heterocycles. The summed E-state index contributed by atoms with van der Waals surface area (Å²) in [6.07, 6.45) is 0.0897. The zero-order valence-electron chi connectivity index (χ0n) is 11.9. The lowest BCUT2D eigenvalue weighted by molar-refractivity contribution is -0.109. The van der Waals surface area contributed by atoms with Crippen LogP contribution in [0.3, 0.4) is 0 Å². The number of carbonyl (C=O) groups excluding carboxylic acids is 2. The molecular formula is C15H14FN3O3S. The maximum atomic E-state index is 13.2. The van der Waals surface area contributed by atoms with Gasteiger partial charge < -0.3 is 10.5 Å². The Morgan fingerprint density at radius 3 is 2.83 bits per heavy atom. The van der Waals surface area contributed by atoms with Crippen LogP contribution in [0.2, 0.25) is 0 Å². The Hall–Kier alpha value is -2.74. The number of carbonyl (C=O) groups is 2. The van der Waals surface area contributed by atoms with Gasteiger partial charge in [0, 0.05) is 4.90 Å².